The normalized spacial score (nSPS) is 12.0. The highest BCUT2D eigenvalue weighted by Crippen LogP contribution is 2.16. The first-order chi connectivity index (χ1) is 15.6. The van der Waals surface area contributed by atoms with Gasteiger partial charge in [0.15, 0.2) is 0 Å². The van der Waals surface area contributed by atoms with Crippen molar-refractivity contribution in [2.45, 2.75) is 64.3 Å². The number of ether oxygens (including phenoxy) is 5. The van der Waals surface area contributed by atoms with E-state index in [4.69, 9.17) is 24.7 Å². The molecule has 1 rings (SSSR count). The molecule has 0 aromatic heterocycles. The van der Waals surface area contributed by atoms with E-state index < -0.39 is 0 Å². The molecule has 0 saturated carbocycles. The van der Waals surface area contributed by atoms with E-state index in [2.05, 4.69) is 4.74 Å². The molecule has 1 atom stereocenters. The number of hydrogen-bond acceptors (Lipinski definition) is 7. The molecule has 0 unspecified atom stereocenters. The van der Waals surface area contributed by atoms with Gasteiger partial charge >= 0.3 is 5.97 Å². The summed E-state index contributed by atoms with van der Waals surface area (Å²) < 4.78 is 27.0. The molecule has 7 nitrogen and oxygen atoms in total. The minimum absolute atomic E-state index is 0.0547. The number of methoxy groups -OCH3 is 1. The Bertz CT molecular complexity index is 564. The molecule has 184 valence electrons. The molecule has 0 amide bonds. The Kier molecular flexibility index (Phi) is 17.7. The van der Waals surface area contributed by atoms with Gasteiger partial charge in [-0.25, -0.2) is 0 Å². The number of unbranched alkanes of at least 4 members (excludes halogenated alkanes) is 5. The summed E-state index contributed by atoms with van der Waals surface area (Å²) in [5.41, 5.74) is 6.97. The second-order valence-corrected chi connectivity index (χ2v) is 7.84. The summed E-state index contributed by atoms with van der Waals surface area (Å²) in [4.78, 5) is 11.0. The molecule has 2 N–H and O–H groups in total. The van der Waals surface area contributed by atoms with E-state index in [0.29, 0.717) is 39.5 Å². The van der Waals surface area contributed by atoms with Crippen molar-refractivity contribution in [3.63, 3.8) is 0 Å². The average Bonchev–Trinajstić information content (AvgIpc) is 2.80. The van der Waals surface area contributed by atoms with Crippen LogP contribution in [0.15, 0.2) is 24.3 Å². The number of carbonyl (C=O) groups is 1. The first kappa shape index (κ1) is 28.4. The van der Waals surface area contributed by atoms with Gasteiger partial charge in [-0.3, -0.25) is 4.79 Å². The quantitative estimate of drug-likeness (QED) is 0.218. The number of nitrogens with two attached hydrogens (primary N) is 1. The van der Waals surface area contributed by atoms with Crippen molar-refractivity contribution < 1.29 is 28.5 Å². The van der Waals surface area contributed by atoms with Gasteiger partial charge in [-0.15, -0.1) is 0 Å². The Labute approximate surface area is 193 Å². The lowest BCUT2D eigenvalue weighted by Crippen LogP contribution is -2.10. The van der Waals surface area contributed by atoms with Crippen molar-refractivity contribution in [3.8, 4) is 5.75 Å². The van der Waals surface area contributed by atoms with Gasteiger partial charge in [0.2, 0.25) is 0 Å². The minimum atomic E-state index is -0.146. The highest BCUT2D eigenvalue weighted by molar-refractivity contribution is 5.68. The van der Waals surface area contributed by atoms with Crippen LogP contribution < -0.4 is 10.5 Å². The van der Waals surface area contributed by atoms with E-state index in [1.54, 1.807) is 0 Å². The molecule has 0 radical (unpaired) electrons. The largest absolute Gasteiger partial charge is 0.494 e. The lowest BCUT2D eigenvalue weighted by atomic mass is 10.1. The van der Waals surface area contributed by atoms with Crippen LogP contribution in [0.5, 0.6) is 5.75 Å². The molecule has 0 fully saturated rings. The molecule has 0 aliphatic rings. The van der Waals surface area contributed by atoms with Gasteiger partial charge < -0.3 is 29.4 Å². The smallest absolute Gasteiger partial charge is 0.305 e. The van der Waals surface area contributed by atoms with Crippen molar-refractivity contribution in [2.75, 3.05) is 53.4 Å². The van der Waals surface area contributed by atoms with Gasteiger partial charge in [0.25, 0.3) is 0 Å². The molecule has 0 saturated heterocycles. The molecule has 1 aromatic carbocycles. The van der Waals surface area contributed by atoms with Gasteiger partial charge in [0, 0.05) is 25.7 Å². The zero-order chi connectivity index (χ0) is 23.3. The van der Waals surface area contributed by atoms with Gasteiger partial charge in [0.1, 0.15) is 5.75 Å². The van der Waals surface area contributed by atoms with Crippen LogP contribution in [0.2, 0.25) is 0 Å². The molecule has 0 spiro atoms. The minimum Gasteiger partial charge on any atom is -0.494 e. The predicted molar refractivity (Wildman–Crippen MR) is 126 cm³/mol. The lowest BCUT2D eigenvalue weighted by Gasteiger charge is -2.09. The van der Waals surface area contributed by atoms with Crippen molar-refractivity contribution in [2.24, 2.45) is 5.73 Å². The van der Waals surface area contributed by atoms with E-state index >= 15 is 0 Å². The van der Waals surface area contributed by atoms with Crippen molar-refractivity contribution >= 4 is 5.97 Å². The van der Waals surface area contributed by atoms with Crippen LogP contribution in [0.3, 0.4) is 0 Å². The van der Waals surface area contributed by atoms with Gasteiger partial charge in [-0.2, -0.15) is 0 Å². The summed E-state index contributed by atoms with van der Waals surface area (Å²) >= 11 is 0. The molecular weight excluding hydrogens is 410 g/mol. The Balaban J connectivity index is 1.75. The summed E-state index contributed by atoms with van der Waals surface area (Å²) in [6, 6.07) is 8.06. The first-order valence-corrected chi connectivity index (χ1v) is 11.9. The molecule has 1 aromatic rings. The van der Waals surface area contributed by atoms with E-state index in [1.165, 1.54) is 7.11 Å². The molecule has 0 bridgehead atoms. The highest BCUT2D eigenvalue weighted by atomic mass is 16.5. The lowest BCUT2D eigenvalue weighted by molar-refractivity contribution is -0.140. The topological polar surface area (TPSA) is 89.2 Å². The van der Waals surface area contributed by atoms with Crippen molar-refractivity contribution in [3.05, 3.63) is 29.8 Å². The standard InChI is InChI=1S/C25H43NO6/c1-22(26)23-11-13-24(14-12-23)32-17-9-4-3-7-15-29-18-20-31-21-19-30-16-8-5-6-10-25(27)28-2/h11-14,22H,3-10,15-21,26H2,1-2H3/t22-/m0/s1. The molecule has 32 heavy (non-hydrogen) atoms. The van der Waals surface area contributed by atoms with Crippen LogP contribution in [0, 0.1) is 0 Å². The van der Waals surface area contributed by atoms with Crippen LogP contribution in [0.4, 0.5) is 0 Å². The Morgan fingerprint density at radius 2 is 1.25 bits per heavy atom. The third kappa shape index (κ3) is 16.0. The van der Waals surface area contributed by atoms with Gasteiger partial charge in [-0.05, 0) is 56.7 Å². The number of carbonyl (C=O) groups excluding carboxylic acids is 1. The Morgan fingerprint density at radius 1 is 0.750 bits per heavy atom. The Hall–Kier alpha value is -1.67. The summed E-state index contributed by atoms with van der Waals surface area (Å²) in [6.45, 7) is 6.57. The maximum Gasteiger partial charge on any atom is 0.305 e. The third-order valence-electron chi connectivity index (χ3n) is 5.00. The van der Waals surface area contributed by atoms with Crippen LogP contribution >= 0.6 is 0 Å². The van der Waals surface area contributed by atoms with E-state index in [1.807, 2.05) is 31.2 Å². The van der Waals surface area contributed by atoms with Crippen LogP contribution in [0.25, 0.3) is 0 Å². The van der Waals surface area contributed by atoms with Crippen LogP contribution in [-0.4, -0.2) is 59.3 Å². The first-order valence-electron chi connectivity index (χ1n) is 11.9. The maximum atomic E-state index is 11.0. The van der Waals surface area contributed by atoms with Gasteiger partial charge in [0.05, 0.1) is 40.1 Å². The van der Waals surface area contributed by atoms with Crippen molar-refractivity contribution in [1.29, 1.82) is 0 Å². The fourth-order valence-corrected chi connectivity index (χ4v) is 3.01. The molecule has 0 heterocycles. The molecule has 0 aliphatic carbocycles. The van der Waals surface area contributed by atoms with E-state index in [-0.39, 0.29) is 12.0 Å². The molecule has 7 heteroatoms. The predicted octanol–water partition coefficient (Wildman–Crippen LogP) is 4.43. The fourth-order valence-electron chi connectivity index (χ4n) is 3.01. The highest BCUT2D eigenvalue weighted by Gasteiger charge is 2.00. The summed E-state index contributed by atoms with van der Waals surface area (Å²) in [5.74, 6) is 0.755. The second kappa shape index (κ2) is 20.0. The number of rotatable bonds is 21. The second-order valence-electron chi connectivity index (χ2n) is 7.84. The maximum absolute atomic E-state index is 11.0. The zero-order valence-electron chi connectivity index (χ0n) is 20.0. The number of esters is 1. The third-order valence-corrected chi connectivity index (χ3v) is 5.00. The monoisotopic (exact) mass is 453 g/mol. The average molecular weight is 454 g/mol. The molecular formula is C25H43NO6. The summed E-state index contributed by atoms with van der Waals surface area (Å²) in [6.07, 6.45) is 7.64. The Morgan fingerprint density at radius 3 is 1.78 bits per heavy atom. The summed E-state index contributed by atoms with van der Waals surface area (Å²) in [5, 5.41) is 0. The number of benzene rings is 1. The van der Waals surface area contributed by atoms with Crippen LogP contribution in [-0.2, 0) is 23.7 Å². The van der Waals surface area contributed by atoms with Crippen molar-refractivity contribution in [1.82, 2.24) is 0 Å². The van der Waals surface area contributed by atoms with Crippen LogP contribution in [0.1, 0.15) is 69.9 Å². The zero-order valence-corrected chi connectivity index (χ0v) is 20.0. The summed E-state index contributed by atoms with van der Waals surface area (Å²) in [7, 11) is 1.42. The fraction of sp³-hybridized carbons (Fsp3) is 0.720. The number of hydrogen-bond donors (Lipinski definition) is 1. The van der Waals surface area contributed by atoms with Gasteiger partial charge in [-0.1, -0.05) is 25.0 Å². The van der Waals surface area contributed by atoms with E-state index in [0.717, 1.165) is 69.5 Å². The molecule has 0 aliphatic heterocycles. The van der Waals surface area contributed by atoms with E-state index in [9.17, 15) is 4.79 Å². The SMILES string of the molecule is COC(=O)CCCCCOCCOCCOCCCCCCOc1ccc([C@H](C)N)cc1.